The maximum Gasteiger partial charge on any atom is 0.421 e. The van der Waals surface area contributed by atoms with Crippen molar-refractivity contribution < 1.29 is 27.1 Å². The van der Waals surface area contributed by atoms with E-state index in [1.807, 2.05) is 0 Å². The normalized spacial score (nSPS) is 21.0. The second-order valence-corrected chi connectivity index (χ2v) is 7.62. The zero-order chi connectivity index (χ0) is 21.7. The van der Waals surface area contributed by atoms with E-state index in [4.69, 9.17) is 0 Å². The van der Waals surface area contributed by atoms with Crippen LogP contribution in [0.15, 0.2) is 42.7 Å². The first-order valence-corrected chi connectivity index (χ1v) is 9.37. The van der Waals surface area contributed by atoms with Crippen molar-refractivity contribution in [2.75, 3.05) is 5.32 Å². The number of hydrogen-bond acceptors (Lipinski definition) is 4. The van der Waals surface area contributed by atoms with Gasteiger partial charge < -0.3 is 10.4 Å². The summed E-state index contributed by atoms with van der Waals surface area (Å²) in [7, 11) is 0. The van der Waals surface area contributed by atoms with Gasteiger partial charge in [-0.05, 0) is 38.0 Å². The molecule has 30 heavy (non-hydrogen) atoms. The van der Waals surface area contributed by atoms with Crippen molar-refractivity contribution in [3.63, 3.8) is 0 Å². The summed E-state index contributed by atoms with van der Waals surface area (Å²) in [5.74, 6) is -2.58. The lowest BCUT2D eigenvalue weighted by Gasteiger charge is -2.26. The lowest BCUT2D eigenvalue weighted by Crippen LogP contribution is -2.39. The minimum absolute atomic E-state index is 0.181. The Labute approximate surface area is 168 Å². The van der Waals surface area contributed by atoms with E-state index >= 15 is 0 Å². The van der Waals surface area contributed by atoms with Crippen LogP contribution < -0.4 is 5.32 Å². The van der Waals surface area contributed by atoms with Gasteiger partial charge in [0.1, 0.15) is 11.5 Å². The Balaban J connectivity index is 1.71. The van der Waals surface area contributed by atoms with Crippen molar-refractivity contribution in [1.29, 1.82) is 0 Å². The minimum atomic E-state index is -4.87. The van der Waals surface area contributed by atoms with Crippen LogP contribution in [-0.4, -0.2) is 37.6 Å². The molecule has 5 nitrogen and oxygen atoms in total. The Bertz CT molecular complexity index is 1080. The highest BCUT2D eigenvalue weighted by Crippen LogP contribution is 2.39. The van der Waals surface area contributed by atoms with Crippen LogP contribution in [0.25, 0.3) is 17.0 Å². The molecule has 1 aliphatic rings. The molecule has 0 radical (unpaired) electrons. The van der Waals surface area contributed by atoms with Crippen molar-refractivity contribution >= 4 is 11.5 Å². The van der Waals surface area contributed by atoms with Crippen LogP contribution in [0.1, 0.15) is 31.7 Å². The number of nitrogens with zero attached hydrogens (tertiary/aromatic N) is 3. The van der Waals surface area contributed by atoms with E-state index < -0.39 is 23.7 Å². The van der Waals surface area contributed by atoms with Gasteiger partial charge >= 0.3 is 6.18 Å². The molecule has 2 N–H and O–H groups in total. The van der Waals surface area contributed by atoms with Gasteiger partial charge in [-0.2, -0.15) is 13.2 Å². The largest absolute Gasteiger partial charge is 0.421 e. The van der Waals surface area contributed by atoms with Gasteiger partial charge in [0.05, 0.1) is 23.6 Å². The number of aromatic nitrogens is 3. The standard InChI is InChI=1S/C20H19F5N4O/c1-18(30,20(23,24)25)12-7-8-17-26-10-14(29(17)11-12)13-4-2-6-16(27-13)28-15-5-3-9-19(15,21)22/h2,4,6-8,10-11,15,30H,3,5,9H2,1H3,(H,27,28)/t15-,18-/m0/s1. The molecule has 1 fully saturated rings. The van der Waals surface area contributed by atoms with E-state index in [0.717, 1.165) is 12.3 Å². The Hall–Kier alpha value is -2.75. The highest BCUT2D eigenvalue weighted by molar-refractivity contribution is 5.62. The second-order valence-electron chi connectivity index (χ2n) is 7.62. The molecule has 0 bridgehead atoms. The summed E-state index contributed by atoms with van der Waals surface area (Å²) < 4.78 is 68.9. The highest BCUT2D eigenvalue weighted by Gasteiger charge is 2.51. The predicted octanol–water partition coefficient (Wildman–Crippen LogP) is 4.77. The molecule has 3 aromatic heterocycles. The molecule has 10 heteroatoms. The average molecular weight is 426 g/mol. The molecule has 2 atom stereocenters. The number of nitrogens with one attached hydrogen (secondary N) is 1. The van der Waals surface area contributed by atoms with Crippen LogP contribution in [-0.2, 0) is 5.60 Å². The smallest absolute Gasteiger partial charge is 0.376 e. The summed E-state index contributed by atoms with van der Waals surface area (Å²) in [6.07, 6.45) is -1.73. The fourth-order valence-corrected chi connectivity index (χ4v) is 3.56. The lowest BCUT2D eigenvalue weighted by molar-refractivity contribution is -0.259. The van der Waals surface area contributed by atoms with E-state index in [1.54, 1.807) is 18.2 Å². The van der Waals surface area contributed by atoms with E-state index in [9.17, 15) is 27.1 Å². The van der Waals surface area contributed by atoms with Crippen molar-refractivity contribution in [2.24, 2.45) is 0 Å². The van der Waals surface area contributed by atoms with E-state index in [0.29, 0.717) is 36.8 Å². The van der Waals surface area contributed by atoms with Gasteiger partial charge in [0, 0.05) is 18.2 Å². The lowest BCUT2D eigenvalue weighted by atomic mass is 9.97. The third-order valence-electron chi connectivity index (χ3n) is 5.47. The summed E-state index contributed by atoms with van der Waals surface area (Å²) >= 11 is 0. The first-order chi connectivity index (χ1) is 14.0. The molecule has 3 heterocycles. The molecular weight excluding hydrogens is 407 g/mol. The number of fused-ring (bicyclic) bond motifs is 1. The van der Waals surface area contributed by atoms with Crippen LogP contribution in [0, 0.1) is 0 Å². The summed E-state index contributed by atoms with van der Waals surface area (Å²) in [6, 6.07) is 6.29. The third kappa shape index (κ3) is 3.49. The van der Waals surface area contributed by atoms with Gasteiger partial charge in [0.25, 0.3) is 5.92 Å². The molecule has 0 aromatic carbocycles. The van der Waals surface area contributed by atoms with Gasteiger partial charge in [0.2, 0.25) is 0 Å². The Morgan fingerprint density at radius 2 is 1.97 bits per heavy atom. The van der Waals surface area contributed by atoms with Gasteiger partial charge in [-0.25, -0.2) is 18.7 Å². The average Bonchev–Trinajstić information content (AvgIpc) is 3.23. The Morgan fingerprint density at radius 1 is 1.20 bits per heavy atom. The predicted molar refractivity (Wildman–Crippen MR) is 100 cm³/mol. The SMILES string of the molecule is C[C@](O)(c1ccc2ncc(-c3cccc(N[C@H]4CCCC4(F)F)n3)n2c1)C(F)(F)F. The van der Waals surface area contributed by atoms with Gasteiger partial charge in [-0.3, -0.25) is 4.40 Å². The topological polar surface area (TPSA) is 62.5 Å². The van der Waals surface area contributed by atoms with Gasteiger partial charge in [-0.15, -0.1) is 0 Å². The number of halogens is 5. The van der Waals surface area contributed by atoms with E-state index in [1.165, 1.54) is 16.7 Å². The number of hydrogen-bond donors (Lipinski definition) is 2. The molecule has 3 aromatic rings. The van der Waals surface area contributed by atoms with E-state index in [-0.39, 0.29) is 17.8 Å². The Morgan fingerprint density at radius 3 is 2.63 bits per heavy atom. The quantitative estimate of drug-likeness (QED) is 0.591. The number of rotatable bonds is 4. The number of imidazole rings is 1. The third-order valence-corrected chi connectivity index (χ3v) is 5.47. The molecule has 0 saturated heterocycles. The van der Waals surface area contributed by atoms with Crippen LogP contribution in [0.3, 0.4) is 0 Å². The molecule has 160 valence electrons. The van der Waals surface area contributed by atoms with Crippen LogP contribution in [0.2, 0.25) is 0 Å². The number of anilines is 1. The summed E-state index contributed by atoms with van der Waals surface area (Å²) in [5, 5.41) is 12.7. The number of pyridine rings is 2. The Kier molecular flexibility index (Phi) is 4.72. The minimum Gasteiger partial charge on any atom is -0.376 e. The molecule has 1 aliphatic carbocycles. The molecule has 0 unspecified atom stereocenters. The molecule has 0 amide bonds. The number of aliphatic hydroxyl groups is 1. The van der Waals surface area contributed by atoms with Crippen molar-refractivity contribution in [1.82, 2.24) is 14.4 Å². The van der Waals surface area contributed by atoms with Crippen LogP contribution >= 0.6 is 0 Å². The van der Waals surface area contributed by atoms with Gasteiger partial charge in [-0.1, -0.05) is 12.1 Å². The summed E-state index contributed by atoms with van der Waals surface area (Å²) in [6.45, 7) is 0.676. The first-order valence-electron chi connectivity index (χ1n) is 9.37. The molecule has 0 spiro atoms. The maximum atomic E-state index is 13.9. The maximum absolute atomic E-state index is 13.9. The zero-order valence-electron chi connectivity index (χ0n) is 15.9. The van der Waals surface area contributed by atoms with Crippen molar-refractivity contribution in [3.05, 3.63) is 48.3 Å². The highest BCUT2D eigenvalue weighted by atomic mass is 19.4. The zero-order valence-corrected chi connectivity index (χ0v) is 15.9. The molecular formula is C20H19F5N4O. The second kappa shape index (κ2) is 6.90. The first kappa shape index (κ1) is 20.5. The van der Waals surface area contributed by atoms with Crippen LogP contribution in [0.5, 0.6) is 0 Å². The van der Waals surface area contributed by atoms with Crippen LogP contribution in [0.4, 0.5) is 27.8 Å². The fourth-order valence-electron chi connectivity index (χ4n) is 3.56. The fraction of sp³-hybridized carbons (Fsp3) is 0.400. The van der Waals surface area contributed by atoms with Gasteiger partial charge in [0.15, 0.2) is 5.60 Å². The van der Waals surface area contributed by atoms with E-state index in [2.05, 4.69) is 15.3 Å². The van der Waals surface area contributed by atoms with Crippen molar-refractivity contribution in [3.8, 4) is 11.4 Å². The number of alkyl halides is 5. The molecule has 1 saturated carbocycles. The van der Waals surface area contributed by atoms with Crippen molar-refractivity contribution in [2.45, 2.75) is 49.9 Å². The summed E-state index contributed by atoms with van der Waals surface area (Å²) in [5.41, 5.74) is -2.34. The molecule has 0 aliphatic heterocycles. The monoisotopic (exact) mass is 426 g/mol. The molecule has 4 rings (SSSR count). The summed E-state index contributed by atoms with van der Waals surface area (Å²) in [4.78, 5) is 8.50.